The third-order valence-corrected chi connectivity index (χ3v) is 8.61. The Labute approximate surface area is 213 Å². The Balaban J connectivity index is 1.54. The fourth-order valence-corrected chi connectivity index (χ4v) is 7.02. The molecule has 7 nitrogen and oxygen atoms in total. The van der Waals surface area contributed by atoms with Crippen molar-refractivity contribution in [3.8, 4) is 0 Å². The van der Waals surface area contributed by atoms with Gasteiger partial charge in [0.1, 0.15) is 5.00 Å². The van der Waals surface area contributed by atoms with Gasteiger partial charge in [0.15, 0.2) is 0 Å². The summed E-state index contributed by atoms with van der Waals surface area (Å²) < 4.78 is 5.31. The van der Waals surface area contributed by atoms with E-state index in [1.54, 1.807) is 19.1 Å². The molecule has 0 spiro atoms. The highest BCUT2D eigenvalue weighted by atomic mass is 32.2. The second kappa shape index (κ2) is 11.0. The minimum absolute atomic E-state index is 0.0365. The summed E-state index contributed by atoms with van der Waals surface area (Å²) in [6, 6.07) is 7.26. The number of hydrogen-bond donors (Lipinski definition) is 1. The van der Waals surface area contributed by atoms with Crippen LogP contribution in [-0.2, 0) is 32.0 Å². The van der Waals surface area contributed by atoms with E-state index in [-0.39, 0.29) is 30.7 Å². The molecule has 2 aliphatic rings. The van der Waals surface area contributed by atoms with E-state index in [2.05, 4.69) is 12.2 Å². The molecule has 4 rings (SSSR count). The van der Waals surface area contributed by atoms with Crippen molar-refractivity contribution in [1.29, 1.82) is 0 Å². The zero-order valence-corrected chi connectivity index (χ0v) is 21.9. The number of anilines is 2. The lowest BCUT2D eigenvalue weighted by Gasteiger charge is -2.18. The van der Waals surface area contributed by atoms with Crippen LogP contribution < -0.4 is 10.2 Å². The van der Waals surface area contributed by atoms with Crippen molar-refractivity contribution < 1.29 is 23.9 Å². The van der Waals surface area contributed by atoms with Gasteiger partial charge in [0.2, 0.25) is 17.7 Å². The Hall–Kier alpha value is -2.65. The second-order valence-corrected chi connectivity index (χ2v) is 11.3. The van der Waals surface area contributed by atoms with Crippen LogP contribution in [0.1, 0.15) is 67.3 Å². The van der Waals surface area contributed by atoms with Gasteiger partial charge in [-0.3, -0.25) is 14.4 Å². The fraction of sp³-hybridized carbons (Fsp3) is 0.462. The zero-order chi connectivity index (χ0) is 25.1. The van der Waals surface area contributed by atoms with Crippen molar-refractivity contribution in [3.05, 3.63) is 40.3 Å². The predicted octanol–water partition coefficient (Wildman–Crippen LogP) is 5.21. The molecule has 1 saturated heterocycles. The normalized spacial score (nSPS) is 19.6. The molecule has 1 fully saturated rings. The van der Waals surface area contributed by atoms with Crippen molar-refractivity contribution in [1.82, 2.24) is 0 Å². The first-order chi connectivity index (χ1) is 16.8. The van der Waals surface area contributed by atoms with E-state index in [0.717, 1.165) is 41.0 Å². The monoisotopic (exact) mass is 514 g/mol. The Morgan fingerprint density at radius 3 is 2.60 bits per heavy atom. The largest absolute Gasteiger partial charge is 0.462 e. The maximum absolute atomic E-state index is 13.4. The van der Waals surface area contributed by atoms with E-state index in [1.165, 1.54) is 28.0 Å². The number of rotatable bonds is 8. The average molecular weight is 515 g/mol. The van der Waals surface area contributed by atoms with Crippen LogP contribution in [0.3, 0.4) is 0 Å². The number of esters is 1. The Morgan fingerprint density at radius 1 is 1.17 bits per heavy atom. The van der Waals surface area contributed by atoms with Gasteiger partial charge in [-0.15, -0.1) is 23.1 Å². The highest BCUT2D eigenvalue weighted by Crippen LogP contribution is 2.45. The number of nitrogens with one attached hydrogen (secondary N) is 1. The SMILES string of the molecule is CCCC(=O)Nc1ccc(S[C@@H]2CC(=O)N(c3sc4c(c3C(=O)OCC)CC[C@@H](C)C4)C2=O)cc1. The summed E-state index contributed by atoms with van der Waals surface area (Å²) in [5.74, 6) is -0.616. The summed E-state index contributed by atoms with van der Waals surface area (Å²) in [6.45, 7) is 6.10. The standard InChI is InChI=1S/C26H30N2O5S2/c1-4-6-21(29)27-16-8-10-17(11-9-16)34-20-14-22(30)28(24(20)31)25-23(26(32)33-5-2)18-12-7-15(3)13-19(18)35-25/h8-11,15,20H,4-7,12-14H2,1-3H3,(H,27,29)/t15-,20-/m1/s1. The molecule has 2 atom stereocenters. The Bertz CT molecular complexity index is 1140. The molecule has 1 aromatic carbocycles. The van der Waals surface area contributed by atoms with Gasteiger partial charge < -0.3 is 10.1 Å². The number of ether oxygens (including phenoxy) is 1. The van der Waals surface area contributed by atoms with E-state index in [4.69, 9.17) is 4.74 Å². The fourth-order valence-electron chi connectivity index (χ4n) is 4.45. The summed E-state index contributed by atoms with van der Waals surface area (Å²) in [6.07, 6.45) is 3.85. The first-order valence-electron chi connectivity index (χ1n) is 12.1. The number of thiophene rings is 1. The second-order valence-electron chi connectivity index (χ2n) is 8.95. The van der Waals surface area contributed by atoms with E-state index >= 15 is 0 Å². The topological polar surface area (TPSA) is 92.8 Å². The van der Waals surface area contributed by atoms with Gasteiger partial charge in [-0.05, 0) is 68.4 Å². The summed E-state index contributed by atoms with van der Waals surface area (Å²) in [7, 11) is 0. The zero-order valence-electron chi connectivity index (χ0n) is 20.2. The van der Waals surface area contributed by atoms with E-state index in [0.29, 0.717) is 28.6 Å². The molecule has 0 saturated carbocycles. The molecule has 1 aliphatic carbocycles. The molecule has 1 N–H and O–H groups in total. The molecule has 9 heteroatoms. The minimum Gasteiger partial charge on any atom is -0.462 e. The van der Waals surface area contributed by atoms with Gasteiger partial charge >= 0.3 is 5.97 Å². The number of imide groups is 1. The Morgan fingerprint density at radius 2 is 1.91 bits per heavy atom. The number of thioether (sulfide) groups is 1. The maximum atomic E-state index is 13.4. The summed E-state index contributed by atoms with van der Waals surface area (Å²) in [5, 5.41) is 2.68. The number of carbonyl (C=O) groups excluding carboxylic acids is 4. The molecule has 35 heavy (non-hydrogen) atoms. The van der Waals surface area contributed by atoms with Crippen LogP contribution in [0.4, 0.5) is 10.7 Å². The van der Waals surface area contributed by atoms with E-state index in [9.17, 15) is 19.2 Å². The van der Waals surface area contributed by atoms with Crippen molar-refractivity contribution in [2.75, 3.05) is 16.8 Å². The van der Waals surface area contributed by atoms with Crippen LogP contribution in [0.15, 0.2) is 29.2 Å². The molecule has 186 valence electrons. The van der Waals surface area contributed by atoms with Crippen LogP contribution in [0.5, 0.6) is 0 Å². The number of amides is 3. The highest BCUT2D eigenvalue weighted by molar-refractivity contribution is 8.00. The van der Waals surface area contributed by atoms with Crippen LogP contribution >= 0.6 is 23.1 Å². The van der Waals surface area contributed by atoms with Crippen LogP contribution in [0.2, 0.25) is 0 Å². The van der Waals surface area contributed by atoms with E-state index in [1.807, 2.05) is 19.1 Å². The van der Waals surface area contributed by atoms with Crippen LogP contribution in [0, 0.1) is 5.92 Å². The van der Waals surface area contributed by atoms with Gasteiger partial charge in [-0.2, -0.15) is 0 Å². The molecule has 3 amide bonds. The van der Waals surface area contributed by atoms with E-state index < -0.39 is 11.2 Å². The van der Waals surface area contributed by atoms with Crippen molar-refractivity contribution in [3.63, 3.8) is 0 Å². The van der Waals surface area contributed by atoms with Crippen molar-refractivity contribution in [2.45, 2.75) is 69.4 Å². The predicted molar refractivity (Wildman–Crippen MR) is 138 cm³/mol. The molecule has 0 bridgehead atoms. The van der Waals surface area contributed by atoms with Gasteiger partial charge in [-0.25, -0.2) is 9.69 Å². The molecule has 0 radical (unpaired) electrons. The number of benzene rings is 1. The number of fused-ring (bicyclic) bond motifs is 1. The molecule has 1 aliphatic heterocycles. The van der Waals surface area contributed by atoms with Gasteiger partial charge in [0, 0.05) is 28.3 Å². The quantitative estimate of drug-likeness (QED) is 0.384. The summed E-state index contributed by atoms with van der Waals surface area (Å²) in [4.78, 5) is 54.2. The molecule has 2 aromatic rings. The average Bonchev–Trinajstić information content (AvgIpc) is 3.31. The van der Waals surface area contributed by atoms with Gasteiger partial charge in [-0.1, -0.05) is 13.8 Å². The first kappa shape index (κ1) is 25.4. The number of hydrogen-bond acceptors (Lipinski definition) is 7. The molecule has 0 unspecified atom stereocenters. The lowest BCUT2D eigenvalue weighted by molar-refractivity contribution is -0.121. The van der Waals surface area contributed by atoms with Gasteiger partial charge in [0.25, 0.3) is 0 Å². The third-order valence-electron chi connectivity index (χ3n) is 6.17. The minimum atomic E-state index is -0.573. The van der Waals surface area contributed by atoms with Crippen LogP contribution in [0.25, 0.3) is 0 Å². The lowest BCUT2D eigenvalue weighted by Crippen LogP contribution is -2.32. The maximum Gasteiger partial charge on any atom is 0.341 e. The smallest absolute Gasteiger partial charge is 0.341 e. The third kappa shape index (κ3) is 5.46. The highest BCUT2D eigenvalue weighted by Gasteiger charge is 2.44. The Kier molecular flexibility index (Phi) is 7.96. The van der Waals surface area contributed by atoms with Crippen molar-refractivity contribution >= 4 is 57.5 Å². The molecular formula is C26H30N2O5S2. The number of carbonyl (C=O) groups is 4. The van der Waals surface area contributed by atoms with Crippen molar-refractivity contribution in [2.24, 2.45) is 5.92 Å². The van der Waals surface area contributed by atoms with Crippen LogP contribution in [-0.4, -0.2) is 35.5 Å². The summed E-state index contributed by atoms with van der Waals surface area (Å²) >= 11 is 2.70. The number of nitrogens with zero attached hydrogens (tertiary/aromatic N) is 1. The first-order valence-corrected chi connectivity index (χ1v) is 13.8. The molecule has 2 heterocycles. The molecular weight excluding hydrogens is 484 g/mol. The van der Waals surface area contributed by atoms with Gasteiger partial charge in [0.05, 0.1) is 17.4 Å². The molecule has 1 aromatic heterocycles. The lowest BCUT2D eigenvalue weighted by atomic mass is 9.88. The summed E-state index contributed by atoms with van der Waals surface area (Å²) in [5.41, 5.74) is 2.01.